The molecule has 2 unspecified atom stereocenters. The van der Waals surface area contributed by atoms with Crippen molar-refractivity contribution in [2.24, 2.45) is 17.8 Å². The molecule has 194 valence electrons. The summed E-state index contributed by atoms with van der Waals surface area (Å²) in [7, 11) is 0. The fourth-order valence-corrected chi connectivity index (χ4v) is 6.76. The maximum atomic E-state index is 12.2. The van der Waals surface area contributed by atoms with Gasteiger partial charge in [0.25, 0.3) is 0 Å². The molecule has 2 aromatic carbocycles. The van der Waals surface area contributed by atoms with Crippen LogP contribution in [0.2, 0.25) is 5.02 Å². The summed E-state index contributed by atoms with van der Waals surface area (Å²) in [5.41, 5.74) is 4.45. The monoisotopic (exact) mass is 518 g/mol. The van der Waals surface area contributed by atoms with Crippen LogP contribution in [0.5, 0.6) is 0 Å². The molecular formula is C30H35ClN4O2. The van der Waals surface area contributed by atoms with E-state index in [4.69, 9.17) is 16.3 Å². The zero-order valence-corrected chi connectivity index (χ0v) is 22.5. The minimum atomic E-state index is -0.457. The molecule has 0 spiro atoms. The lowest BCUT2D eigenvalue weighted by molar-refractivity contribution is 0.0526. The van der Waals surface area contributed by atoms with Gasteiger partial charge in [0.15, 0.2) is 0 Å². The van der Waals surface area contributed by atoms with Gasteiger partial charge in [-0.1, -0.05) is 31.5 Å². The summed E-state index contributed by atoms with van der Waals surface area (Å²) in [6.45, 7) is 6.90. The van der Waals surface area contributed by atoms with Crippen LogP contribution < -0.4 is 10.6 Å². The average molecular weight is 519 g/mol. The minimum Gasteiger partial charge on any atom is -0.462 e. The summed E-state index contributed by atoms with van der Waals surface area (Å²) in [5, 5.41) is 7.36. The van der Waals surface area contributed by atoms with E-state index in [-0.39, 0.29) is 12.0 Å². The highest BCUT2D eigenvalue weighted by molar-refractivity contribution is 6.33. The van der Waals surface area contributed by atoms with Crippen LogP contribution >= 0.6 is 11.6 Å². The first-order valence-corrected chi connectivity index (χ1v) is 13.6. The second kappa shape index (κ2) is 10.7. The van der Waals surface area contributed by atoms with Gasteiger partial charge in [-0.3, -0.25) is 0 Å². The predicted octanol–water partition coefficient (Wildman–Crippen LogP) is 7.90. The molecule has 6 nitrogen and oxygen atoms in total. The number of hydrogen-bond acceptors (Lipinski definition) is 6. The zero-order chi connectivity index (χ0) is 26.0. The Bertz CT molecular complexity index is 1240. The fraction of sp³-hybridized carbons (Fsp3) is 0.433. The summed E-state index contributed by atoms with van der Waals surface area (Å²) in [6.07, 6.45) is 9.50. The van der Waals surface area contributed by atoms with E-state index in [1.807, 2.05) is 24.3 Å². The summed E-state index contributed by atoms with van der Waals surface area (Å²) in [6, 6.07) is 14.3. The number of halogens is 1. The third-order valence-corrected chi connectivity index (χ3v) is 8.23. The van der Waals surface area contributed by atoms with E-state index < -0.39 is 5.97 Å². The molecule has 2 fully saturated rings. The van der Waals surface area contributed by atoms with E-state index in [1.165, 1.54) is 50.2 Å². The Hall–Kier alpha value is -3.12. The van der Waals surface area contributed by atoms with Crippen molar-refractivity contribution in [2.75, 3.05) is 17.2 Å². The van der Waals surface area contributed by atoms with Crippen LogP contribution in [0, 0.1) is 17.8 Å². The van der Waals surface area contributed by atoms with E-state index >= 15 is 0 Å². The molecule has 37 heavy (non-hydrogen) atoms. The van der Waals surface area contributed by atoms with Crippen molar-refractivity contribution in [3.8, 4) is 0 Å². The molecule has 2 saturated carbocycles. The lowest BCUT2D eigenvalue weighted by Crippen LogP contribution is -2.38. The third kappa shape index (κ3) is 5.74. The van der Waals surface area contributed by atoms with Gasteiger partial charge in [-0.25, -0.2) is 14.8 Å². The predicted molar refractivity (Wildman–Crippen MR) is 149 cm³/mol. The molecule has 2 aliphatic carbocycles. The molecule has 1 aromatic heterocycles. The van der Waals surface area contributed by atoms with Crippen molar-refractivity contribution in [3.05, 3.63) is 71.1 Å². The van der Waals surface area contributed by atoms with E-state index in [0.29, 0.717) is 11.4 Å². The molecule has 1 heterocycles. The largest absolute Gasteiger partial charge is 0.462 e. The highest BCUT2D eigenvalue weighted by atomic mass is 35.5. The molecule has 5 rings (SSSR count). The highest BCUT2D eigenvalue weighted by Gasteiger charge is 2.41. The highest BCUT2D eigenvalue weighted by Crippen LogP contribution is 2.51. The number of nitrogens with one attached hydrogen (secondary N) is 2. The van der Waals surface area contributed by atoms with Crippen LogP contribution in [0.25, 0.3) is 0 Å². The average Bonchev–Trinajstić information content (AvgIpc) is 2.86. The molecule has 0 aliphatic heterocycles. The summed E-state index contributed by atoms with van der Waals surface area (Å²) in [4.78, 5) is 20.3. The standard InChI is InChI=1S/C30H35ClN4O2/c1-4-37-29(36)25-17-32-18-33-28(25)35-24-8-6-23(7-9-24)34-27-10-5-22(14-26(27)31)30(3)15-20-11-19(2)12-21(13-20)16-30/h5-10,14,17-21,34H,4,11-13,15-16H2,1-3H3,(H,32,33,35). The van der Waals surface area contributed by atoms with Crippen LogP contribution in [0.3, 0.4) is 0 Å². The minimum absolute atomic E-state index is 0.201. The van der Waals surface area contributed by atoms with Gasteiger partial charge in [0.1, 0.15) is 17.7 Å². The van der Waals surface area contributed by atoms with Crippen molar-refractivity contribution in [1.82, 2.24) is 9.97 Å². The lowest BCUT2D eigenvalue weighted by Gasteiger charge is -2.47. The van der Waals surface area contributed by atoms with Gasteiger partial charge in [-0.2, -0.15) is 0 Å². The van der Waals surface area contributed by atoms with E-state index in [9.17, 15) is 4.79 Å². The van der Waals surface area contributed by atoms with Gasteiger partial charge < -0.3 is 15.4 Å². The van der Waals surface area contributed by atoms with Gasteiger partial charge >= 0.3 is 5.97 Å². The zero-order valence-electron chi connectivity index (χ0n) is 21.8. The number of hydrogen-bond donors (Lipinski definition) is 2. The maximum Gasteiger partial charge on any atom is 0.343 e. The van der Waals surface area contributed by atoms with Crippen molar-refractivity contribution in [2.45, 2.75) is 58.3 Å². The smallest absolute Gasteiger partial charge is 0.343 e. The number of fused-ring (bicyclic) bond motifs is 2. The maximum absolute atomic E-state index is 12.2. The quantitative estimate of drug-likeness (QED) is 0.309. The number of nitrogens with zero attached hydrogens (tertiary/aromatic N) is 2. The Balaban J connectivity index is 1.26. The van der Waals surface area contributed by atoms with Crippen LogP contribution in [-0.2, 0) is 10.2 Å². The van der Waals surface area contributed by atoms with E-state index in [2.05, 4.69) is 52.6 Å². The lowest BCUT2D eigenvalue weighted by atomic mass is 9.57. The van der Waals surface area contributed by atoms with Gasteiger partial charge in [0.05, 0.1) is 17.3 Å². The molecule has 2 atom stereocenters. The normalized spacial score (nSPS) is 24.8. The van der Waals surface area contributed by atoms with Crippen LogP contribution in [0.1, 0.15) is 68.8 Å². The first kappa shape index (κ1) is 25.5. The summed E-state index contributed by atoms with van der Waals surface area (Å²) in [5.74, 6) is 2.49. The van der Waals surface area contributed by atoms with Gasteiger partial charge in [0.2, 0.25) is 0 Å². The Morgan fingerprint density at radius 3 is 2.38 bits per heavy atom. The number of ether oxygens (including phenoxy) is 1. The summed E-state index contributed by atoms with van der Waals surface area (Å²) >= 11 is 6.78. The molecule has 2 N–H and O–H groups in total. The molecule has 0 saturated heterocycles. The number of carbonyl (C=O) groups excluding carboxylic acids is 1. The second-order valence-electron chi connectivity index (χ2n) is 11.0. The topological polar surface area (TPSA) is 76.1 Å². The Labute approximate surface area is 224 Å². The number of rotatable bonds is 7. The van der Waals surface area contributed by atoms with Gasteiger partial charge in [-0.15, -0.1) is 0 Å². The Morgan fingerprint density at radius 2 is 1.73 bits per heavy atom. The van der Waals surface area contributed by atoms with Crippen LogP contribution in [-0.4, -0.2) is 22.5 Å². The second-order valence-corrected chi connectivity index (χ2v) is 11.4. The van der Waals surface area contributed by atoms with E-state index in [0.717, 1.165) is 39.8 Å². The van der Waals surface area contributed by atoms with Crippen LogP contribution in [0.15, 0.2) is 55.0 Å². The number of anilines is 4. The van der Waals surface area contributed by atoms with Crippen LogP contribution in [0.4, 0.5) is 22.9 Å². The van der Waals surface area contributed by atoms with Crippen molar-refractivity contribution < 1.29 is 9.53 Å². The molecule has 0 radical (unpaired) electrons. The Morgan fingerprint density at radius 1 is 1.05 bits per heavy atom. The van der Waals surface area contributed by atoms with Gasteiger partial charge in [-0.05, 0) is 104 Å². The SMILES string of the molecule is CCOC(=O)c1cncnc1Nc1ccc(Nc2ccc(C3(C)CC4CC(C)CC(C4)C3)cc2Cl)cc1. The Kier molecular flexibility index (Phi) is 7.38. The third-order valence-electron chi connectivity index (χ3n) is 7.92. The fourth-order valence-electron chi connectivity index (χ4n) is 6.53. The van der Waals surface area contributed by atoms with Crippen molar-refractivity contribution in [1.29, 1.82) is 0 Å². The molecule has 3 aromatic rings. The first-order valence-electron chi connectivity index (χ1n) is 13.2. The number of aromatic nitrogens is 2. The number of benzene rings is 2. The van der Waals surface area contributed by atoms with Gasteiger partial charge in [0, 0.05) is 17.6 Å². The number of esters is 1. The molecule has 0 amide bonds. The van der Waals surface area contributed by atoms with Crippen molar-refractivity contribution in [3.63, 3.8) is 0 Å². The molecule has 2 aliphatic rings. The van der Waals surface area contributed by atoms with Crippen molar-refractivity contribution >= 4 is 40.5 Å². The first-order chi connectivity index (χ1) is 17.8. The molecule has 2 bridgehead atoms. The summed E-state index contributed by atoms with van der Waals surface area (Å²) < 4.78 is 5.10. The molecule has 7 heteroatoms. The number of carbonyl (C=O) groups is 1. The van der Waals surface area contributed by atoms with E-state index in [1.54, 1.807) is 6.92 Å². The molecular weight excluding hydrogens is 484 g/mol.